The molecule has 3 rings (SSSR count). The summed E-state index contributed by atoms with van der Waals surface area (Å²) in [5, 5.41) is 9.33. The fourth-order valence-corrected chi connectivity index (χ4v) is 2.78. The summed E-state index contributed by atoms with van der Waals surface area (Å²) in [6.45, 7) is 0. The number of nitrogens with zero attached hydrogens (tertiary/aromatic N) is 2. The third-order valence-electron chi connectivity index (χ3n) is 4.22. The van der Waals surface area contributed by atoms with Crippen molar-refractivity contribution in [3.05, 3.63) is 47.8 Å². The monoisotopic (exact) mass is 400 g/mol. The van der Waals surface area contributed by atoms with Crippen LogP contribution in [0.2, 0.25) is 0 Å². The number of carbonyl (C=O) groups is 1. The Morgan fingerprint density at radius 3 is 2.31 bits per heavy atom. The van der Waals surface area contributed by atoms with Crippen LogP contribution in [0.15, 0.2) is 36.4 Å². The van der Waals surface area contributed by atoms with Gasteiger partial charge in [0.1, 0.15) is 5.82 Å². The topological polar surface area (TPSA) is 98.4 Å². The molecule has 1 amide bonds. The molecule has 0 aliphatic heterocycles. The second-order valence-electron chi connectivity index (χ2n) is 6.10. The van der Waals surface area contributed by atoms with E-state index in [1.807, 2.05) is 0 Å². The number of ether oxygens (including phenoxy) is 3. The van der Waals surface area contributed by atoms with Crippen LogP contribution < -0.4 is 19.5 Å². The Balaban J connectivity index is 1.62. The van der Waals surface area contributed by atoms with Crippen molar-refractivity contribution in [1.82, 2.24) is 15.2 Å². The molecule has 1 heterocycles. The first-order valence-electron chi connectivity index (χ1n) is 8.81. The van der Waals surface area contributed by atoms with Gasteiger partial charge in [0.05, 0.1) is 21.3 Å². The molecule has 0 aliphatic carbocycles. The maximum atomic E-state index is 13.0. The van der Waals surface area contributed by atoms with Gasteiger partial charge in [0.25, 0.3) is 0 Å². The van der Waals surface area contributed by atoms with Gasteiger partial charge in [0.15, 0.2) is 17.3 Å². The van der Waals surface area contributed by atoms with Gasteiger partial charge in [-0.25, -0.2) is 4.39 Å². The fourth-order valence-electron chi connectivity index (χ4n) is 2.78. The maximum absolute atomic E-state index is 13.0. The SMILES string of the molecule is COc1cc(CCC(=O)Nc2n[nH]c(-c3ccc(F)cc3)n2)cc(OC)c1OC. The Kier molecular flexibility index (Phi) is 6.28. The van der Waals surface area contributed by atoms with Gasteiger partial charge in [-0.1, -0.05) is 0 Å². The summed E-state index contributed by atoms with van der Waals surface area (Å²) >= 11 is 0. The molecule has 0 bridgehead atoms. The van der Waals surface area contributed by atoms with Gasteiger partial charge in [-0.15, -0.1) is 5.10 Å². The van der Waals surface area contributed by atoms with Crippen LogP contribution in [-0.2, 0) is 11.2 Å². The number of anilines is 1. The third-order valence-corrected chi connectivity index (χ3v) is 4.22. The minimum absolute atomic E-state index is 0.152. The van der Waals surface area contributed by atoms with E-state index in [-0.39, 0.29) is 24.1 Å². The molecule has 8 nitrogen and oxygen atoms in total. The van der Waals surface area contributed by atoms with Crippen molar-refractivity contribution in [2.45, 2.75) is 12.8 Å². The van der Waals surface area contributed by atoms with Crippen molar-refractivity contribution in [3.8, 4) is 28.6 Å². The zero-order valence-electron chi connectivity index (χ0n) is 16.3. The number of carbonyl (C=O) groups excluding carboxylic acids is 1. The molecule has 0 radical (unpaired) electrons. The lowest BCUT2D eigenvalue weighted by atomic mass is 10.1. The number of amides is 1. The number of aromatic amines is 1. The van der Waals surface area contributed by atoms with Gasteiger partial charge in [0, 0.05) is 12.0 Å². The average Bonchev–Trinajstić information content (AvgIpc) is 3.20. The van der Waals surface area contributed by atoms with Crippen LogP contribution >= 0.6 is 0 Å². The highest BCUT2D eigenvalue weighted by Crippen LogP contribution is 2.38. The Bertz CT molecular complexity index is 963. The van der Waals surface area contributed by atoms with Gasteiger partial charge in [-0.3, -0.25) is 15.2 Å². The zero-order valence-corrected chi connectivity index (χ0v) is 16.3. The average molecular weight is 400 g/mol. The standard InChI is InChI=1S/C20H21FN4O4/c1-27-15-10-12(11-16(28-2)18(15)29-3)4-9-17(26)22-20-23-19(24-25-20)13-5-7-14(21)8-6-13/h5-8,10-11H,4,9H2,1-3H3,(H2,22,23,24,25,26). The number of hydrogen-bond acceptors (Lipinski definition) is 6. The normalized spacial score (nSPS) is 10.5. The molecule has 2 aromatic carbocycles. The van der Waals surface area contributed by atoms with Crippen molar-refractivity contribution in [2.24, 2.45) is 0 Å². The first-order chi connectivity index (χ1) is 14.0. The molecule has 29 heavy (non-hydrogen) atoms. The Morgan fingerprint density at radius 1 is 1.07 bits per heavy atom. The van der Waals surface area contributed by atoms with Crippen LogP contribution in [0.1, 0.15) is 12.0 Å². The molecule has 0 fully saturated rings. The smallest absolute Gasteiger partial charge is 0.249 e. The van der Waals surface area contributed by atoms with E-state index in [2.05, 4.69) is 20.5 Å². The number of aryl methyl sites for hydroxylation is 1. The zero-order chi connectivity index (χ0) is 20.8. The number of aromatic nitrogens is 3. The van der Waals surface area contributed by atoms with Crippen LogP contribution in [0.25, 0.3) is 11.4 Å². The van der Waals surface area contributed by atoms with Crippen LogP contribution in [0, 0.1) is 5.82 Å². The summed E-state index contributed by atoms with van der Waals surface area (Å²) in [6.07, 6.45) is 0.664. The van der Waals surface area contributed by atoms with Gasteiger partial charge in [-0.2, -0.15) is 4.98 Å². The summed E-state index contributed by atoms with van der Waals surface area (Å²) in [5.74, 6) is 1.55. The summed E-state index contributed by atoms with van der Waals surface area (Å²) in [6, 6.07) is 9.40. The van der Waals surface area contributed by atoms with Crippen molar-refractivity contribution >= 4 is 11.9 Å². The highest BCUT2D eigenvalue weighted by Gasteiger charge is 2.14. The van der Waals surface area contributed by atoms with Gasteiger partial charge in [0.2, 0.25) is 17.6 Å². The number of hydrogen-bond donors (Lipinski definition) is 2. The maximum Gasteiger partial charge on any atom is 0.249 e. The Labute approximate surface area is 167 Å². The third kappa shape index (κ3) is 4.81. The predicted molar refractivity (Wildman–Crippen MR) is 105 cm³/mol. The molecular weight excluding hydrogens is 379 g/mol. The minimum Gasteiger partial charge on any atom is -0.493 e. The predicted octanol–water partition coefficient (Wildman–Crippen LogP) is 3.21. The number of halogens is 1. The van der Waals surface area contributed by atoms with Gasteiger partial charge >= 0.3 is 0 Å². The Morgan fingerprint density at radius 2 is 1.72 bits per heavy atom. The summed E-state index contributed by atoms with van der Waals surface area (Å²) in [4.78, 5) is 16.5. The molecule has 3 aromatic rings. The lowest BCUT2D eigenvalue weighted by molar-refractivity contribution is -0.116. The van der Waals surface area contributed by atoms with Crippen LogP contribution in [0.4, 0.5) is 10.3 Å². The van der Waals surface area contributed by atoms with E-state index in [0.29, 0.717) is 35.1 Å². The van der Waals surface area contributed by atoms with E-state index in [1.54, 1.807) is 24.3 Å². The van der Waals surface area contributed by atoms with E-state index < -0.39 is 0 Å². The molecule has 9 heteroatoms. The first-order valence-corrected chi connectivity index (χ1v) is 8.81. The van der Waals surface area contributed by atoms with E-state index in [4.69, 9.17) is 14.2 Å². The van der Waals surface area contributed by atoms with Crippen molar-refractivity contribution in [3.63, 3.8) is 0 Å². The summed E-state index contributed by atoms with van der Waals surface area (Å²) < 4.78 is 29.0. The number of H-pyrrole nitrogens is 1. The molecule has 0 saturated heterocycles. The molecule has 1 aromatic heterocycles. The molecule has 0 aliphatic rings. The number of methoxy groups -OCH3 is 3. The second-order valence-corrected chi connectivity index (χ2v) is 6.10. The van der Waals surface area contributed by atoms with Gasteiger partial charge in [-0.05, 0) is 48.4 Å². The van der Waals surface area contributed by atoms with E-state index in [0.717, 1.165) is 5.56 Å². The Hall–Kier alpha value is -3.62. The molecule has 0 unspecified atom stereocenters. The van der Waals surface area contributed by atoms with Crippen molar-refractivity contribution < 1.29 is 23.4 Å². The largest absolute Gasteiger partial charge is 0.493 e. The second kappa shape index (κ2) is 9.05. The number of nitrogens with one attached hydrogen (secondary N) is 2. The van der Waals surface area contributed by atoms with E-state index in [1.165, 1.54) is 33.5 Å². The quantitative estimate of drug-likeness (QED) is 0.603. The molecular formula is C20H21FN4O4. The number of rotatable bonds is 8. The lowest BCUT2D eigenvalue weighted by Gasteiger charge is -2.14. The summed E-state index contributed by atoms with van der Waals surface area (Å²) in [7, 11) is 4.61. The highest BCUT2D eigenvalue weighted by atomic mass is 19.1. The molecule has 0 atom stereocenters. The minimum atomic E-state index is -0.339. The molecule has 0 saturated carbocycles. The van der Waals surface area contributed by atoms with Gasteiger partial charge < -0.3 is 14.2 Å². The van der Waals surface area contributed by atoms with E-state index >= 15 is 0 Å². The van der Waals surface area contributed by atoms with Crippen molar-refractivity contribution in [2.75, 3.05) is 26.6 Å². The fraction of sp³-hybridized carbons (Fsp3) is 0.250. The molecule has 0 spiro atoms. The molecule has 152 valence electrons. The lowest BCUT2D eigenvalue weighted by Crippen LogP contribution is -2.13. The van der Waals surface area contributed by atoms with E-state index in [9.17, 15) is 9.18 Å². The van der Waals surface area contributed by atoms with Crippen LogP contribution in [0.5, 0.6) is 17.2 Å². The van der Waals surface area contributed by atoms with Crippen molar-refractivity contribution in [1.29, 1.82) is 0 Å². The van der Waals surface area contributed by atoms with Crippen LogP contribution in [0.3, 0.4) is 0 Å². The first kappa shape index (κ1) is 20.1. The highest BCUT2D eigenvalue weighted by molar-refractivity contribution is 5.89. The van der Waals surface area contributed by atoms with Crippen LogP contribution in [-0.4, -0.2) is 42.4 Å². The molecule has 2 N–H and O–H groups in total. The number of benzene rings is 2. The summed E-state index contributed by atoms with van der Waals surface area (Å²) in [5.41, 5.74) is 1.52.